The molecule has 1 N–H and O–H groups in total. The second kappa shape index (κ2) is 6.68. The van der Waals surface area contributed by atoms with E-state index in [4.69, 9.17) is 5.11 Å². The van der Waals surface area contributed by atoms with Crippen molar-refractivity contribution in [2.45, 2.75) is 19.3 Å². The average Bonchev–Trinajstić information content (AvgIpc) is 2.19. The minimum Gasteiger partial charge on any atom is -0.396 e. The zero-order valence-corrected chi connectivity index (χ0v) is 9.35. The second-order valence-corrected chi connectivity index (χ2v) is 4.80. The Bertz CT molecular complexity index is 121. The lowest BCUT2D eigenvalue weighted by Gasteiger charge is -2.30. The van der Waals surface area contributed by atoms with Crippen LogP contribution in [0.25, 0.3) is 0 Å². The number of likely N-dealkylation sites (tertiary alicyclic amines) is 1. The number of aliphatic hydroxyl groups excluding tert-OH is 1. The van der Waals surface area contributed by atoms with Crippen molar-refractivity contribution in [3.05, 3.63) is 0 Å². The summed E-state index contributed by atoms with van der Waals surface area (Å²) in [6.07, 6.45) is 5.86. The maximum absolute atomic E-state index is 8.97. The smallest absolute Gasteiger partial charge is 0.0460 e. The molecule has 3 heteroatoms. The monoisotopic (exact) mass is 203 g/mol. The van der Waals surface area contributed by atoms with Crippen LogP contribution in [0.4, 0.5) is 0 Å². The van der Waals surface area contributed by atoms with Gasteiger partial charge < -0.3 is 10.0 Å². The van der Waals surface area contributed by atoms with Crippen molar-refractivity contribution in [3.63, 3.8) is 0 Å². The van der Waals surface area contributed by atoms with Crippen LogP contribution in [0.15, 0.2) is 0 Å². The molecule has 0 atom stereocenters. The highest BCUT2D eigenvalue weighted by Gasteiger charge is 2.17. The molecule has 0 unspecified atom stereocenters. The van der Waals surface area contributed by atoms with Gasteiger partial charge in [-0.2, -0.15) is 11.8 Å². The Morgan fingerprint density at radius 2 is 2.08 bits per heavy atom. The third kappa shape index (κ3) is 4.34. The molecule has 1 heterocycles. The summed E-state index contributed by atoms with van der Waals surface area (Å²) in [5, 5.41) is 8.97. The number of hydrogen-bond acceptors (Lipinski definition) is 3. The van der Waals surface area contributed by atoms with Gasteiger partial charge in [0.15, 0.2) is 0 Å². The van der Waals surface area contributed by atoms with Gasteiger partial charge >= 0.3 is 0 Å². The van der Waals surface area contributed by atoms with Crippen LogP contribution in [0.2, 0.25) is 0 Å². The van der Waals surface area contributed by atoms with Gasteiger partial charge in [0.25, 0.3) is 0 Å². The number of hydrogen-bond donors (Lipinski definition) is 1. The summed E-state index contributed by atoms with van der Waals surface area (Å²) < 4.78 is 0. The normalized spacial score (nSPS) is 20.8. The first kappa shape index (κ1) is 11.3. The molecular formula is C10H21NOS. The van der Waals surface area contributed by atoms with Crippen molar-refractivity contribution in [2.75, 3.05) is 38.2 Å². The first-order valence-electron chi connectivity index (χ1n) is 5.19. The van der Waals surface area contributed by atoms with Crippen LogP contribution in [-0.2, 0) is 0 Å². The molecule has 78 valence electrons. The summed E-state index contributed by atoms with van der Waals surface area (Å²) in [4.78, 5) is 2.53. The van der Waals surface area contributed by atoms with E-state index in [1.165, 1.54) is 44.6 Å². The molecule has 1 saturated heterocycles. The molecule has 0 spiro atoms. The van der Waals surface area contributed by atoms with E-state index < -0.39 is 0 Å². The number of rotatable bonds is 5. The molecule has 1 aliphatic heterocycles. The molecule has 0 amide bonds. The van der Waals surface area contributed by atoms with Crippen molar-refractivity contribution in [3.8, 4) is 0 Å². The van der Waals surface area contributed by atoms with Gasteiger partial charge in [-0.3, -0.25) is 0 Å². The highest BCUT2D eigenvalue weighted by Crippen LogP contribution is 2.16. The van der Waals surface area contributed by atoms with Crippen LogP contribution in [0.1, 0.15) is 19.3 Å². The Hall–Kier alpha value is 0.270. The first-order chi connectivity index (χ1) is 6.36. The molecule has 0 aromatic heterocycles. The Labute approximate surface area is 85.7 Å². The van der Waals surface area contributed by atoms with Crippen LogP contribution in [0, 0.1) is 5.92 Å². The van der Waals surface area contributed by atoms with Gasteiger partial charge in [-0.15, -0.1) is 0 Å². The lowest BCUT2D eigenvalue weighted by molar-refractivity contribution is 0.132. The molecule has 0 aromatic carbocycles. The van der Waals surface area contributed by atoms with Gasteiger partial charge in [0, 0.05) is 6.61 Å². The summed E-state index contributed by atoms with van der Waals surface area (Å²) in [5.41, 5.74) is 0. The lowest BCUT2D eigenvalue weighted by atomic mass is 9.98. The maximum atomic E-state index is 8.97. The topological polar surface area (TPSA) is 23.5 Å². The van der Waals surface area contributed by atoms with E-state index in [0.717, 1.165) is 0 Å². The molecule has 0 bridgehead atoms. The van der Waals surface area contributed by atoms with Gasteiger partial charge in [-0.1, -0.05) is 0 Å². The van der Waals surface area contributed by atoms with E-state index in [2.05, 4.69) is 11.2 Å². The van der Waals surface area contributed by atoms with E-state index in [-0.39, 0.29) is 0 Å². The third-order valence-electron chi connectivity index (χ3n) is 2.79. The molecule has 0 aromatic rings. The minimum atomic E-state index is 0.388. The van der Waals surface area contributed by atoms with Crippen LogP contribution < -0.4 is 0 Å². The summed E-state index contributed by atoms with van der Waals surface area (Å²) in [6, 6.07) is 0. The van der Waals surface area contributed by atoms with Crippen molar-refractivity contribution >= 4 is 11.8 Å². The quantitative estimate of drug-likeness (QED) is 0.684. The Balaban J connectivity index is 2.03. The van der Waals surface area contributed by atoms with E-state index in [1.807, 2.05) is 11.8 Å². The van der Waals surface area contributed by atoms with Crippen LogP contribution in [0.3, 0.4) is 0 Å². The molecular weight excluding hydrogens is 182 g/mol. The average molecular weight is 203 g/mol. The standard InChI is InChI=1S/C10H21NOS/c1-13-8-2-5-11-6-3-10(9-12)4-7-11/h10,12H,2-9H2,1H3. The predicted molar refractivity (Wildman–Crippen MR) is 59.2 cm³/mol. The van der Waals surface area contributed by atoms with Gasteiger partial charge in [0.05, 0.1) is 0 Å². The fourth-order valence-electron chi connectivity index (χ4n) is 1.83. The number of nitrogens with zero attached hydrogens (tertiary/aromatic N) is 1. The van der Waals surface area contributed by atoms with Crippen molar-refractivity contribution in [1.29, 1.82) is 0 Å². The molecule has 1 fully saturated rings. The highest BCUT2D eigenvalue weighted by atomic mass is 32.2. The number of aliphatic hydroxyl groups is 1. The number of piperidine rings is 1. The maximum Gasteiger partial charge on any atom is 0.0460 e. The molecule has 1 rings (SSSR count). The van der Waals surface area contributed by atoms with Gasteiger partial charge in [0.2, 0.25) is 0 Å². The largest absolute Gasteiger partial charge is 0.396 e. The van der Waals surface area contributed by atoms with E-state index in [1.54, 1.807) is 0 Å². The summed E-state index contributed by atoms with van der Waals surface area (Å²) >= 11 is 1.93. The predicted octanol–water partition coefficient (Wildman–Crippen LogP) is 1.44. The van der Waals surface area contributed by atoms with Crippen LogP contribution in [0.5, 0.6) is 0 Å². The van der Waals surface area contributed by atoms with Crippen LogP contribution >= 0.6 is 11.8 Å². The molecule has 13 heavy (non-hydrogen) atoms. The molecule has 0 saturated carbocycles. The minimum absolute atomic E-state index is 0.388. The third-order valence-corrected chi connectivity index (χ3v) is 3.49. The molecule has 2 nitrogen and oxygen atoms in total. The fraction of sp³-hybridized carbons (Fsp3) is 1.00. The van der Waals surface area contributed by atoms with Crippen molar-refractivity contribution in [1.82, 2.24) is 4.90 Å². The summed E-state index contributed by atoms with van der Waals surface area (Å²) in [6.45, 7) is 4.02. The molecule has 1 aliphatic rings. The van der Waals surface area contributed by atoms with Crippen LogP contribution in [-0.4, -0.2) is 48.3 Å². The van der Waals surface area contributed by atoms with Gasteiger partial charge in [-0.25, -0.2) is 0 Å². The molecule has 0 radical (unpaired) electrons. The SMILES string of the molecule is CSCCCN1CCC(CO)CC1. The van der Waals surface area contributed by atoms with E-state index >= 15 is 0 Å². The lowest BCUT2D eigenvalue weighted by Crippen LogP contribution is -2.35. The Morgan fingerprint density at radius 1 is 1.38 bits per heavy atom. The summed E-state index contributed by atoms with van der Waals surface area (Å²) in [5.74, 6) is 1.86. The van der Waals surface area contributed by atoms with E-state index in [9.17, 15) is 0 Å². The van der Waals surface area contributed by atoms with Gasteiger partial charge in [0.1, 0.15) is 0 Å². The van der Waals surface area contributed by atoms with Crippen molar-refractivity contribution in [2.24, 2.45) is 5.92 Å². The van der Waals surface area contributed by atoms with Gasteiger partial charge in [-0.05, 0) is 56.8 Å². The Kier molecular flexibility index (Phi) is 5.83. The zero-order valence-electron chi connectivity index (χ0n) is 8.54. The Morgan fingerprint density at radius 3 is 2.62 bits per heavy atom. The van der Waals surface area contributed by atoms with E-state index in [0.29, 0.717) is 12.5 Å². The fourth-order valence-corrected chi connectivity index (χ4v) is 2.24. The second-order valence-electron chi connectivity index (χ2n) is 3.81. The zero-order chi connectivity index (χ0) is 9.52. The summed E-state index contributed by atoms with van der Waals surface area (Å²) in [7, 11) is 0. The number of thioether (sulfide) groups is 1. The molecule has 0 aliphatic carbocycles. The highest BCUT2D eigenvalue weighted by molar-refractivity contribution is 7.98. The van der Waals surface area contributed by atoms with Crippen molar-refractivity contribution < 1.29 is 5.11 Å². The first-order valence-corrected chi connectivity index (χ1v) is 6.58.